The molecule has 24 heteroatoms. The van der Waals surface area contributed by atoms with Crippen LogP contribution in [0.2, 0.25) is 0 Å². The SMILES string of the molecule is CN1N=C(c2ccc(C(c3ccc(C(=N)OC(=N)C4C=CC=C(C(F)(F)F)C4)cc3)(c3ccc(C4=NN(C)C(c5cccc(C(F)(F)F)c5)O4)cc3)c3ccc(-c4nnc(-c5cccc(C(F)(F)F)c5)o4)cc3)cc2)OC1c1cccc(C(F)(F)F)c1. The molecule has 0 amide bonds. The van der Waals surface area contributed by atoms with Crippen LogP contribution < -0.4 is 0 Å². The molecule has 444 valence electrons. The molecule has 87 heavy (non-hydrogen) atoms. The monoisotopic (exact) mass is 1200 g/mol. The summed E-state index contributed by atoms with van der Waals surface area (Å²) >= 11 is 0. The lowest BCUT2D eigenvalue weighted by atomic mass is 9.64. The summed E-state index contributed by atoms with van der Waals surface area (Å²) < 4.78 is 189. The van der Waals surface area contributed by atoms with Crippen molar-refractivity contribution in [2.45, 2.75) is 49.0 Å². The van der Waals surface area contributed by atoms with Gasteiger partial charge in [0.05, 0.1) is 28.0 Å². The summed E-state index contributed by atoms with van der Waals surface area (Å²) in [6, 6.07) is 40.7. The first-order valence-corrected chi connectivity index (χ1v) is 26.3. The molecule has 8 aromatic rings. The summed E-state index contributed by atoms with van der Waals surface area (Å²) in [7, 11) is 3.09. The molecule has 0 radical (unpaired) electrons. The van der Waals surface area contributed by atoms with E-state index in [1.807, 2.05) is 0 Å². The largest absolute Gasteiger partial charge is 0.446 e. The van der Waals surface area contributed by atoms with E-state index in [1.54, 1.807) is 99.0 Å². The van der Waals surface area contributed by atoms with E-state index in [9.17, 15) is 52.7 Å². The van der Waals surface area contributed by atoms with Gasteiger partial charge < -0.3 is 18.6 Å². The summed E-state index contributed by atoms with van der Waals surface area (Å²) in [5, 5.41) is 37.4. The third kappa shape index (κ3) is 11.9. The molecule has 0 fully saturated rings. The number of alkyl halides is 12. The Morgan fingerprint density at radius 2 is 0.897 bits per heavy atom. The molecule has 0 saturated heterocycles. The lowest BCUT2D eigenvalue weighted by Gasteiger charge is -2.37. The third-order valence-electron chi connectivity index (χ3n) is 14.8. The van der Waals surface area contributed by atoms with E-state index in [0.717, 1.165) is 42.5 Å². The van der Waals surface area contributed by atoms with Gasteiger partial charge in [-0.2, -0.15) is 52.7 Å². The van der Waals surface area contributed by atoms with E-state index in [1.165, 1.54) is 70.7 Å². The summed E-state index contributed by atoms with van der Waals surface area (Å²) in [6.07, 6.45) is -17.8. The molecular weight excluding hydrogens is 1160 g/mol. The number of aromatic nitrogens is 2. The maximum atomic E-state index is 13.8. The zero-order valence-electron chi connectivity index (χ0n) is 45.2. The molecule has 0 spiro atoms. The van der Waals surface area contributed by atoms with Crippen molar-refractivity contribution in [3.05, 3.63) is 260 Å². The Hall–Kier alpha value is -10.0. The first kappa shape index (κ1) is 58.8. The van der Waals surface area contributed by atoms with Gasteiger partial charge in [-0.25, -0.2) is 0 Å². The van der Waals surface area contributed by atoms with Crippen LogP contribution in [0, 0.1) is 16.7 Å². The predicted octanol–water partition coefficient (Wildman–Crippen LogP) is 15.9. The van der Waals surface area contributed by atoms with E-state index in [4.69, 9.17) is 29.4 Å². The number of rotatable bonds is 12. The highest BCUT2D eigenvalue weighted by Crippen LogP contribution is 2.47. The molecule has 11 rings (SSSR count). The Morgan fingerprint density at radius 1 is 0.483 bits per heavy atom. The second-order valence-corrected chi connectivity index (χ2v) is 20.4. The Morgan fingerprint density at radius 3 is 1.34 bits per heavy atom. The highest BCUT2D eigenvalue weighted by molar-refractivity contribution is 6.00. The molecule has 12 nitrogen and oxygen atoms in total. The number of hydrogen-bond donors (Lipinski definition) is 2. The molecule has 2 aliphatic heterocycles. The van der Waals surface area contributed by atoms with Crippen LogP contribution in [-0.2, 0) is 38.2 Å². The number of benzene rings is 7. The van der Waals surface area contributed by atoms with Crippen LogP contribution in [0.1, 0.15) is 85.6 Å². The van der Waals surface area contributed by atoms with Crippen LogP contribution in [0.3, 0.4) is 0 Å². The zero-order valence-corrected chi connectivity index (χ0v) is 45.2. The van der Waals surface area contributed by atoms with Crippen LogP contribution in [0.4, 0.5) is 52.7 Å². The number of nitrogens with one attached hydrogen (secondary N) is 2. The molecule has 3 aliphatic rings. The number of hydrazone groups is 2. The number of halogens is 12. The number of allylic oxidation sites excluding steroid dienone is 3. The van der Waals surface area contributed by atoms with Gasteiger partial charge in [0.15, 0.2) is 5.90 Å². The van der Waals surface area contributed by atoms with Crippen LogP contribution in [0.25, 0.3) is 22.9 Å². The number of ether oxygens (including phenoxy) is 3. The van der Waals surface area contributed by atoms with Crippen LogP contribution in [0.5, 0.6) is 0 Å². The highest BCUT2D eigenvalue weighted by atomic mass is 19.4. The van der Waals surface area contributed by atoms with Gasteiger partial charge in [0.2, 0.25) is 41.9 Å². The fraction of sp³-hybridized carbons (Fsp3) is 0.175. The predicted molar refractivity (Wildman–Crippen MR) is 295 cm³/mol. The standard InChI is InChI=1S/C63H44F12N8O4/c1-82-57(41-9-5-13-49(33-41)62(70,71)72)86-55(80-82)37-19-27-45(28-20-37)59(43-23-15-35(16-24-43)51(76)84-52(77)39-7-3-11-47(31-39)60(64,65)66,44-25-17-36(18-26-44)53-78-79-54(85-53)40-8-4-12-48(32-40)61(67,68)69)46-29-21-38(22-30-46)56-81-83(2)58(87-56)42-10-6-14-50(34-42)63(73,74)75/h3-30,32-34,39,57-58,76-77H,31H2,1-2H3. The molecule has 0 bridgehead atoms. The van der Waals surface area contributed by atoms with Crippen molar-refractivity contribution in [1.82, 2.24) is 20.2 Å². The number of nitrogens with zero attached hydrogens (tertiary/aromatic N) is 6. The van der Waals surface area contributed by atoms with E-state index >= 15 is 0 Å². The van der Waals surface area contributed by atoms with Gasteiger partial charge >= 0.3 is 24.7 Å². The minimum absolute atomic E-state index is 0.0158. The van der Waals surface area contributed by atoms with Gasteiger partial charge in [0, 0.05) is 58.6 Å². The van der Waals surface area contributed by atoms with Crippen molar-refractivity contribution in [2.24, 2.45) is 16.1 Å². The number of hydrogen-bond acceptors (Lipinski definition) is 12. The minimum atomic E-state index is -4.65. The molecule has 1 aromatic heterocycles. The average molecular weight is 1210 g/mol. The van der Waals surface area contributed by atoms with Gasteiger partial charge in [-0.05, 0) is 120 Å². The van der Waals surface area contributed by atoms with Crippen LogP contribution >= 0.6 is 0 Å². The quantitative estimate of drug-likeness (QED) is 0.0532. The van der Waals surface area contributed by atoms with Crippen molar-refractivity contribution >= 4 is 23.6 Å². The van der Waals surface area contributed by atoms with Crippen molar-refractivity contribution < 1.29 is 71.3 Å². The van der Waals surface area contributed by atoms with E-state index < -0.39 is 89.0 Å². The first-order valence-electron chi connectivity index (χ1n) is 26.3. The summed E-state index contributed by atoms with van der Waals surface area (Å²) in [4.78, 5) is 0. The van der Waals surface area contributed by atoms with E-state index in [0.29, 0.717) is 38.9 Å². The summed E-state index contributed by atoms with van der Waals surface area (Å²) in [5.74, 6) is -2.36. The zero-order chi connectivity index (χ0) is 61.8. The van der Waals surface area contributed by atoms with Gasteiger partial charge in [-0.3, -0.25) is 20.8 Å². The second kappa shape index (κ2) is 22.4. The maximum Gasteiger partial charge on any atom is 0.416 e. The van der Waals surface area contributed by atoms with Crippen molar-refractivity contribution in [2.75, 3.05) is 14.1 Å². The first-order chi connectivity index (χ1) is 41.2. The molecule has 0 saturated carbocycles. The molecule has 3 atom stereocenters. The lowest BCUT2D eigenvalue weighted by molar-refractivity contribution is -0.138. The Labute approximate surface area is 487 Å². The average Bonchev–Trinajstić information content (AvgIpc) is 1.10. The minimum Gasteiger partial charge on any atom is -0.446 e. The molecule has 7 aromatic carbocycles. The lowest BCUT2D eigenvalue weighted by Crippen LogP contribution is -2.31. The van der Waals surface area contributed by atoms with Crippen molar-refractivity contribution in [3.8, 4) is 22.9 Å². The maximum absolute atomic E-state index is 13.8. The topological polar surface area (TPSA) is 146 Å². The molecular formula is C63H44F12N8O4. The Bertz CT molecular complexity index is 3910. The Balaban J connectivity index is 1.00. The highest BCUT2D eigenvalue weighted by Gasteiger charge is 2.42. The van der Waals surface area contributed by atoms with Gasteiger partial charge in [-0.15, -0.1) is 20.4 Å². The molecule has 1 aliphatic carbocycles. The van der Waals surface area contributed by atoms with Gasteiger partial charge in [0.1, 0.15) is 0 Å². The smallest absolute Gasteiger partial charge is 0.416 e. The third-order valence-corrected chi connectivity index (χ3v) is 14.8. The molecule has 3 heterocycles. The fourth-order valence-corrected chi connectivity index (χ4v) is 10.4. The Kier molecular flexibility index (Phi) is 15.2. The summed E-state index contributed by atoms with van der Waals surface area (Å²) in [6.45, 7) is 0. The van der Waals surface area contributed by atoms with Crippen molar-refractivity contribution in [1.29, 1.82) is 10.8 Å². The van der Waals surface area contributed by atoms with Gasteiger partial charge in [0.25, 0.3) is 0 Å². The van der Waals surface area contributed by atoms with E-state index in [2.05, 4.69) is 20.4 Å². The van der Waals surface area contributed by atoms with Crippen LogP contribution in [0.15, 0.2) is 208 Å². The summed E-state index contributed by atoms with van der Waals surface area (Å²) in [5.41, 5.74) is -1.13. The van der Waals surface area contributed by atoms with Crippen LogP contribution in [-0.4, -0.2) is 64.1 Å². The fourth-order valence-electron chi connectivity index (χ4n) is 10.4. The normalized spacial score (nSPS) is 17.9. The van der Waals surface area contributed by atoms with Gasteiger partial charge in [-0.1, -0.05) is 97.1 Å². The second-order valence-electron chi connectivity index (χ2n) is 20.4. The molecule has 3 unspecified atom stereocenters. The molecule has 2 N–H and O–H groups in total. The van der Waals surface area contributed by atoms with E-state index in [-0.39, 0.29) is 45.8 Å². The van der Waals surface area contributed by atoms with Crippen molar-refractivity contribution in [3.63, 3.8) is 0 Å².